The molecule has 7 heteroatoms. The molecule has 0 aliphatic heterocycles. The van der Waals surface area contributed by atoms with Crippen LogP contribution in [0.3, 0.4) is 0 Å². The molecule has 0 heterocycles. The van der Waals surface area contributed by atoms with Crippen molar-refractivity contribution in [3.05, 3.63) is 62.5 Å². The molecule has 2 aromatic carbocycles. The lowest BCUT2D eigenvalue weighted by molar-refractivity contribution is 0.102. The molecule has 0 atom stereocenters. The van der Waals surface area contributed by atoms with Crippen LogP contribution in [0.15, 0.2) is 51.4 Å². The van der Waals surface area contributed by atoms with E-state index in [0.717, 1.165) is 8.95 Å². The van der Waals surface area contributed by atoms with Gasteiger partial charge in [-0.1, -0.05) is 28.1 Å². The van der Waals surface area contributed by atoms with Gasteiger partial charge in [-0.2, -0.15) is 0 Å². The molecule has 0 radical (unpaired) electrons. The quantitative estimate of drug-likeness (QED) is 0.771. The molecule has 0 fully saturated rings. The third-order valence-corrected chi connectivity index (χ3v) is 4.83. The fourth-order valence-electron chi connectivity index (χ4n) is 1.84. The van der Waals surface area contributed by atoms with Gasteiger partial charge in [0, 0.05) is 20.8 Å². The highest BCUT2D eigenvalue weighted by atomic mass is 79.9. The summed E-state index contributed by atoms with van der Waals surface area (Å²) in [6.45, 7) is 0. The number of amides is 1. The molecule has 1 N–H and O–H groups in total. The first-order valence-electron chi connectivity index (χ1n) is 6.28. The van der Waals surface area contributed by atoms with E-state index in [-0.39, 0.29) is 11.7 Å². The van der Waals surface area contributed by atoms with E-state index in [0.29, 0.717) is 16.8 Å². The van der Waals surface area contributed by atoms with Crippen LogP contribution in [0, 0.1) is 0 Å². The van der Waals surface area contributed by atoms with Gasteiger partial charge in [0.2, 0.25) is 0 Å². The van der Waals surface area contributed by atoms with Crippen LogP contribution in [-0.2, 0) is 15.6 Å². The van der Waals surface area contributed by atoms with Gasteiger partial charge in [-0.15, -0.1) is 0 Å². The Labute approximate surface area is 146 Å². The summed E-state index contributed by atoms with van der Waals surface area (Å²) in [5.74, 6) is -0.290. The number of anilines is 1. The summed E-state index contributed by atoms with van der Waals surface area (Å²) < 4.78 is 24.1. The fourth-order valence-corrected chi connectivity index (χ4v) is 3.78. The Morgan fingerprint density at radius 2 is 1.73 bits per heavy atom. The van der Waals surface area contributed by atoms with Crippen LogP contribution in [0.2, 0.25) is 0 Å². The van der Waals surface area contributed by atoms with Crippen LogP contribution in [0.1, 0.15) is 15.9 Å². The summed E-state index contributed by atoms with van der Waals surface area (Å²) in [7, 11) is -3.08. The van der Waals surface area contributed by atoms with Crippen molar-refractivity contribution in [2.75, 3.05) is 11.6 Å². The largest absolute Gasteiger partial charge is 0.321 e. The lowest BCUT2D eigenvalue weighted by Crippen LogP contribution is -2.12. The van der Waals surface area contributed by atoms with Crippen molar-refractivity contribution in [3.8, 4) is 0 Å². The Hall–Kier alpha value is -1.18. The summed E-state index contributed by atoms with van der Waals surface area (Å²) in [5, 5.41) is 2.80. The van der Waals surface area contributed by atoms with E-state index in [1.807, 2.05) is 12.1 Å². The van der Waals surface area contributed by atoms with Gasteiger partial charge < -0.3 is 5.32 Å². The molecule has 2 aromatic rings. The highest BCUT2D eigenvalue weighted by Gasteiger charge is 2.10. The average molecular weight is 447 g/mol. The number of carbonyl (C=O) groups excluding carboxylic acids is 1. The van der Waals surface area contributed by atoms with Crippen molar-refractivity contribution in [3.63, 3.8) is 0 Å². The van der Waals surface area contributed by atoms with Gasteiger partial charge in [0.15, 0.2) is 9.84 Å². The third kappa shape index (κ3) is 4.93. The summed E-state index contributed by atoms with van der Waals surface area (Å²) in [6, 6.07) is 12.0. The van der Waals surface area contributed by atoms with Crippen LogP contribution in [0.25, 0.3) is 0 Å². The normalized spacial score (nSPS) is 11.2. The zero-order valence-corrected chi connectivity index (χ0v) is 15.6. The van der Waals surface area contributed by atoms with Crippen LogP contribution >= 0.6 is 31.9 Å². The minimum absolute atomic E-state index is 0.0346. The summed E-state index contributed by atoms with van der Waals surface area (Å²) in [6.07, 6.45) is 1.18. The molecule has 116 valence electrons. The number of nitrogens with one attached hydrogen (secondary N) is 1. The van der Waals surface area contributed by atoms with E-state index in [1.165, 1.54) is 6.26 Å². The lowest BCUT2D eigenvalue weighted by atomic mass is 10.1. The predicted molar refractivity (Wildman–Crippen MR) is 94.8 cm³/mol. The Kier molecular flexibility index (Phi) is 5.41. The molecule has 0 aliphatic carbocycles. The smallest absolute Gasteiger partial charge is 0.255 e. The SMILES string of the molecule is CS(=O)(=O)Cc1ccc(C(=O)Nc2ccc(Br)cc2Br)cc1. The van der Waals surface area contributed by atoms with E-state index < -0.39 is 9.84 Å². The van der Waals surface area contributed by atoms with E-state index in [9.17, 15) is 13.2 Å². The summed E-state index contributed by atoms with van der Waals surface area (Å²) >= 11 is 6.73. The molecular formula is C15H13Br2NO3S. The standard InChI is InChI=1S/C15H13Br2NO3S/c1-22(20,21)9-10-2-4-11(5-3-10)15(19)18-14-7-6-12(16)8-13(14)17/h2-8H,9H2,1H3,(H,18,19). The molecule has 1 amide bonds. The first-order valence-corrected chi connectivity index (χ1v) is 9.92. The fraction of sp³-hybridized carbons (Fsp3) is 0.133. The number of hydrogen-bond donors (Lipinski definition) is 1. The first-order chi connectivity index (χ1) is 10.2. The number of halogens is 2. The third-order valence-electron chi connectivity index (χ3n) is 2.82. The van der Waals surface area contributed by atoms with Crippen molar-refractivity contribution in [2.24, 2.45) is 0 Å². The lowest BCUT2D eigenvalue weighted by Gasteiger charge is -2.08. The van der Waals surface area contributed by atoms with Gasteiger partial charge in [-0.25, -0.2) is 8.42 Å². The van der Waals surface area contributed by atoms with E-state index >= 15 is 0 Å². The number of hydrogen-bond acceptors (Lipinski definition) is 3. The monoisotopic (exact) mass is 445 g/mol. The van der Waals surface area contributed by atoms with Crippen molar-refractivity contribution in [2.45, 2.75) is 5.75 Å². The molecule has 0 unspecified atom stereocenters. The van der Waals surface area contributed by atoms with Gasteiger partial charge in [0.1, 0.15) is 0 Å². The van der Waals surface area contributed by atoms with Crippen molar-refractivity contribution >= 4 is 53.3 Å². The summed E-state index contributed by atoms with van der Waals surface area (Å²) in [5.41, 5.74) is 1.78. The highest BCUT2D eigenvalue weighted by molar-refractivity contribution is 9.11. The molecule has 0 spiro atoms. The maximum Gasteiger partial charge on any atom is 0.255 e. The van der Waals surface area contributed by atoms with Gasteiger partial charge in [0.25, 0.3) is 5.91 Å². The zero-order chi connectivity index (χ0) is 16.3. The molecule has 0 bridgehead atoms. The molecule has 22 heavy (non-hydrogen) atoms. The first kappa shape index (κ1) is 17.2. The van der Waals surface area contributed by atoms with Crippen molar-refractivity contribution in [1.82, 2.24) is 0 Å². The summed E-state index contributed by atoms with van der Waals surface area (Å²) in [4.78, 5) is 12.2. The van der Waals surface area contributed by atoms with Gasteiger partial charge >= 0.3 is 0 Å². The van der Waals surface area contributed by atoms with E-state index in [1.54, 1.807) is 30.3 Å². The minimum Gasteiger partial charge on any atom is -0.321 e. The van der Waals surface area contributed by atoms with Crippen LogP contribution in [0.5, 0.6) is 0 Å². The Balaban J connectivity index is 2.13. The molecule has 0 aromatic heterocycles. The second-order valence-corrected chi connectivity index (χ2v) is 8.76. The molecular weight excluding hydrogens is 434 g/mol. The minimum atomic E-state index is -3.08. The van der Waals surface area contributed by atoms with E-state index in [2.05, 4.69) is 37.2 Å². The van der Waals surface area contributed by atoms with Crippen molar-refractivity contribution < 1.29 is 13.2 Å². The topological polar surface area (TPSA) is 63.2 Å². The number of rotatable bonds is 4. The Morgan fingerprint density at radius 1 is 1.09 bits per heavy atom. The molecule has 0 saturated heterocycles. The Morgan fingerprint density at radius 3 is 2.27 bits per heavy atom. The number of carbonyl (C=O) groups is 1. The van der Waals surface area contributed by atoms with Crippen molar-refractivity contribution in [1.29, 1.82) is 0 Å². The van der Waals surface area contributed by atoms with Gasteiger partial charge in [-0.05, 0) is 51.8 Å². The second kappa shape index (κ2) is 6.93. The molecule has 4 nitrogen and oxygen atoms in total. The maximum absolute atomic E-state index is 12.2. The van der Waals surface area contributed by atoms with Gasteiger partial charge in [0.05, 0.1) is 11.4 Å². The molecule has 0 saturated carbocycles. The van der Waals surface area contributed by atoms with Crippen LogP contribution < -0.4 is 5.32 Å². The Bertz CT molecular complexity index is 802. The van der Waals surface area contributed by atoms with Crippen LogP contribution in [-0.4, -0.2) is 20.6 Å². The van der Waals surface area contributed by atoms with E-state index in [4.69, 9.17) is 0 Å². The van der Waals surface area contributed by atoms with Crippen LogP contribution in [0.4, 0.5) is 5.69 Å². The second-order valence-electron chi connectivity index (χ2n) is 4.85. The molecule has 2 rings (SSSR count). The molecule has 0 aliphatic rings. The van der Waals surface area contributed by atoms with Gasteiger partial charge in [-0.3, -0.25) is 4.79 Å². The zero-order valence-electron chi connectivity index (χ0n) is 11.6. The highest BCUT2D eigenvalue weighted by Crippen LogP contribution is 2.26. The predicted octanol–water partition coefficient (Wildman–Crippen LogP) is 4.01. The number of sulfone groups is 1. The maximum atomic E-state index is 12.2. The number of benzene rings is 2. The average Bonchev–Trinajstić information content (AvgIpc) is 2.41.